The standard InChI is InChI=1S/C15H14FN5O/c1-21-9-10(8-18-21)7-17-15(22)14-6-13(19-20-14)11-2-4-12(16)5-3-11/h2-6,8-9H,7H2,1H3,(H,17,22)(H,19,20). The summed E-state index contributed by atoms with van der Waals surface area (Å²) in [5, 5.41) is 13.6. The second-order valence-corrected chi connectivity index (χ2v) is 4.88. The highest BCUT2D eigenvalue weighted by atomic mass is 19.1. The number of carbonyl (C=O) groups excluding carboxylic acids is 1. The minimum Gasteiger partial charge on any atom is -0.347 e. The molecule has 0 aliphatic rings. The average Bonchev–Trinajstić information content (AvgIpc) is 3.15. The molecule has 3 aromatic rings. The van der Waals surface area contributed by atoms with Crippen LogP contribution in [0, 0.1) is 5.82 Å². The molecule has 7 heteroatoms. The fraction of sp³-hybridized carbons (Fsp3) is 0.133. The summed E-state index contributed by atoms with van der Waals surface area (Å²) in [5.41, 5.74) is 2.59. The summed E-state index contributed by atoms with van der Waals surface area (Å²) in [7, 11) is 1.81. The van der Waals surface area contributed by atoms with Crippen molar-refractivity contribution in [1.29, 1.82) is 0 Å². The summed E-state index contributed by atoms with van der Waals surface area (Å²) < 4.78 is 14.6. The quantitative estimate of drug-likeness (QED) is 0.772. The van der Waals surface area contributed by atoms with E-state index in [2.05, 4.69) is 20.6 Å². The number of benzene rings is 1. The van der Waals surface area contributed by atoms with E-state index in [9.17, 15) is 9.18 Å². The molecule has 6 nitrogen and oxygen atoms in total. The lowest BCUT2D eigenvalue weighted by atomic mass is 10.1. The van der Waals surface area contributed by atoms with Crippen LogP contribution in [-0.2, 0) is 13.6 Å². The molecule has 0 aliphatic carbocycles. The second kappa shape index (κ2) is 5.80. The summed E-state index contributed by atoms with van der Waals surface area (Å²) in [5.74, 6) is -0.571. The normalized spacial score (nSPS) is 10.6. The number of nitrogens with zero attached hydrogens (tertiary/aromatic N) is 3. The Bertz CT molecular complexity index is 790. The number of carbonyl (C=O) groups is 1. The van der Waals surface area contributed by atoms with E-state index in [1.54, 1.807) is 29.1 Å². The first-order valence-electron chi connectivity index (χ1n) is 6.69. The van der Waals surface area contributed by atoms with Crippen LogP contribution in [0.2, 0.25) is 0 Å². The van der Waals surface area contributed by atoms with E-state index in [1.807, 2.05) is 13.2 Å². The maximum Gasteiger partial charge on any atom is 0.269 e. The van der Waals surface area contributed by atoms with Gasteiger partial charge in [0.05, 0.1) is 11.9 Å². The molecule has 1 aromatic carbocycles. The van der Waals surface area contributed by atoms with Crippen molar-refractivity contribution in [3.63, 3.8) is 0 Å². The SMILES string of the molecule is Cn1cc(CNC(=O)c2cc(-c3ccc(F)cc3)n[nH]2)cn1. The summed E-state index contributed by atoms with van der Waals surface area (Å²) >= 11 is 0. The zero-order chi connectivity index (χ0) is 15.5. The Morgan fingerprint density at radius 1 is 1.36 bits per heavy atom. The van der Waals surface area contributed by atoms with Gasteiger partial charge < -0.3 is 5.32 Å². The number of hydrogen-bond donors (Lipinski definition) is 2. The van der Waals surface area contributed by atoms with Crippen LogP contribution in [0.4, 0.5) is 4.39 Å². The number of hydrogen-bond acceptors (Lipinski definition) is 3. The van der Waals surface area contributed by atoms with Gasteiger partial charge in [-0.15, -0.1) is 0 Å². The Labute approximate surface area is 126 Å². The van der Waals surface area contributed by atoms with Gasteiger partial charge in [0, 0.05) is 30.9 Å². The summed E-state index contributed by atoms with van der Waals surface area (Å²) in [6.45, 7) is 0.386. The van der Waals surface area contributed by atoms with E-state index < -0.39 is 0 Å². The third-order valence-electron chi connectivity index (χ3n) is 3.17. The molecule has 0 unspecified atom stereocenters. The topological polar surface area (TPSA) is 75.6 Å². The molecule has 0 fully saturated rings. The number of H-pyrrole nitrogens is 1. The molecule has 0 saturated carbocycles. The third kappa shape index (κ3) is 3.03. The van der Waals surface area contributed by atoms with Gasteiger partial charge in [-0.1, -0.05) is 0 Å². The Balaban J connectivity index is 1.67. The highest BCUT2D eigenvalue weighted by Gasteiger charge is 2.11. The zero-order valence-electron chi connectivity index (χ0n) is 11.9. The average molecular weight is 299 g/mol. The smallest absolute Gasteiger partial charge is 0.269 e. The number of aromatic amines is 1. The predicted octanol–water partition coefficient (Wildman–Crippen LogP) is 1.88. The summed E-state index contributed by atoms with van der Waals surface area (Å²) in [6, 6.07) is 7.57. The number of rotatable bonds is 4. The molecule has 2 aromatic heterocycles. The maximum atomic E-state index is 12.9. The number of aryl methyl sites for hydroxylation is 1. The van der Waals surface area contributed by atoms with Gasteiger partial charge in [-0.2, -0.15) is 10.2 Å². The highest BCUT2D eigenvalue weighted by Crippen LogP contribution is 2.17. The van der Waals surface area contributed by atoms with Gasteiger partial charge in [-0.25, -0.2) is 4.39 Å². The second-order valence-electron chi connectivity index (χ2n) is 4.88. The Kier molecular flexibility index (Phi) is 3.69. The van der Waals surface area contributed by atoms with Crippen LogP contribution in [0.15, 0.2) is 42.7 Å². The van der Waals surface area contributed by atoms with Gasteiger partial charge >= 0.3 is 0 Å². The van der Waals surface area contributed by atoms with E-state index in [1.165, 1.54) is 12.1 Å². The number of halogens is 1. The molecular formula is C15H14FN5O. The Morgan fingerprint density at radius 2 is 2.14 bits per heavy atom. The van der Waals surface area contributed by atoms with Crippen molar-refractivity contribution in [1.82, 2.24) is 25.3 Å². The third-order valence-corrected chi connectivity index (χ3v) is 3.17. The molecule has 0 atom stereocenters. The molecule has 0 bridgehead atoms. The summed E-state index contributed by atoms with van der Waals surface area (Å²) in [6.07, 6.45) is 3.52. The van der Waals surface area contributed by atoms with Crippen LogP contribution in [0.25, 0.3) is 11.3 Å². The van der Waals surface area contributed by atoms with Gasteiger partial charge in [0.1, 0.15) is 11.5 Å². The molecule has 2 N–H and O–H groups in total. The summed E-state index contributed by atoms with van der Waals surface area (Å²) in [4.78, 5) is 12.1. The molecule has 0 spiro atoms. The van der Waals surface area contributed by atoms with Crippen molar-refractivity contribution in [3.05, 3.63) is 59.8 Å². The van der Waals surface area contributed by atoms with E-state index >= 15 is 0 Å². The first-order chi connectivity index (χ1) is 10.6. The lowest BCUT2D eigenvalue weighted by molar-refractivity contribution is 0.0946. The van der Waals surface area contributed by atoms with Crippen LogP contribution in [0.1, 0.15) is 16.1 Å². The lowest BCUT2D eigenvalue weighted by Crippen LogP contribution is -2.22. The van der Waals surface area contributed by atoms with Crippen LogP contribution in [-0.4, -0.2) is 25.9 Å². The van der Waals surface area contributed by atoms with Crippen molar-refractivity contribution in [2.75, 3.05) is 0 Å². The van der Waals surface area contributed by atoms with Crippen molar-refractivity contribution < 1.29 is 9.18 Å². The van der Waals surface area contributed by atoms with Gasteiger partial charge in [-0.05, 0) is 30.3 Å². The number of nitrogens with one attached hydrogen (secondary N) is 2. The van der Waals surface area contributed by atoms with Crippen LogP contribution >= 0.6 is 0 Å². The fourth-order valence-corrected chi connectivity index (χ4v) is 2.05. The molecule has 0 saturated heterocycles. The van der Waals surface area contributed by atoms with Gasteiger partial charge in [0.2, 0.25) is 0 Å². The van der Waals surface area contributed by atoms with Crippen LogP contribution in [0.5, 0.6) is 0 Å². The van der Waals surface area contributed by atoms with Crippen LogP contribution in [0.3, 0.4) is 0 Å². The van der Waals surface area contributed by atoms with Crippen molar-refractivity contribution >= 4 is 5.91 Å². The predicted molar refractivity (Wildman–Crippen MR) is 78.4 cm³/mol. The number of aromatic nitrogens is 4. The molecule has 22 heavy (non-hydrogen) atoms. The monoisotopic (exact) mass is 299 g/mol. The van der Waals surface area contributed by atoms with E-state index in [0.717, 1.165) is 11.1 Å². The first kappa shape index (κ1) is 14.0. The van der Waals surface area contributed by atoms with E-state index in [0.29, 0.717) is 17.9 Å². The maximum absolute atomic E-state index is 12.9. The fourth-order valence-electron chi connectivity index (χ4n) is 2.05. The van der Waals surface area contributed by atoms with Crippen molar-refractivity contribution in [3.8, 4) is 11.3 Å². The van der Waals surface area contributed by atoms with Gasteiger partial charge in [-0.3, -0.25) is 14.6 Å². The molecule has 3 rings (SSSR count). The molecule has 0 radical (unpaired) electrons. The van der Waals surface area contributed by atoms with Gasteiger partial charge in [0.25, 0.3) is 5.91 Å². The largest absolute Gasteiger partial charge is 0.347 e. The molecular weight excluding hydrogens is 285 g/mol. The van der Waals surface area contributed by atoms with E-state index in [4.69, 9.17) is 0 Å². The molecule has 2 heterocycles. The Morgan fingerprint density at radius 3 is 2.82 bits per heavy atom. The van der Waals surface area contributed by atoms with Crippen LogP contribution < -0.4 is 5.32 Å². The lowest BCUT2D eigenvalue weighted by Gasteiger charge is -2.00. The molecule has 0 aliphatic heterocycles. The molecule has 112 valence electrons. The Hall–Kier alpha value is -2.96. The molecule has 1 amide bonds. The number of amides is 1. The van der Waals surface area contributed by atoms with Crippen molar-refractivity contribution in [2.45, 2.75) is 6.54 Å². The minimum absolute atomic E-state index is 0.260. The first-order valence-corrected chi connectivity index (χ1v) is 6.69. The van der Waals surface area contributed by atoms with Crippen molar-refractivity contribution in [2.24, 2.45) is 7.05 Å². The van der Waals surface area contributed by atoms with E-state index in [-0.39, 0.29) is 11.7 Å². The highest BCUT2D eigenvalue weighted by molar-refractivity contribution is 5.93. The zero-order valence-corrected chi connectivity index (χ0v) is 11.9. The minimum atomic E-state index is -0.311. The van der Waals surface area contributed by atoms with Gasteiger partial charge in [0.15, 0.2) is 0 Å².